The molecule has 0 aliphatic rings. The van der Waals surface area contributed by atoms with E-state index in [0.29, 0.717) is 11.1 Å². The lowest BCUT2D eigenvalue weighted by Gasteiger charge is -2.27. The maximum atomic E-state index is 13.7. The number of rotatable bonds is 4. The van der Waals surface area contributed by atoms with Crippen molar-refractivity contribution >= 4 is 40.8 Å². The number of benzene rings is 1. The molecule has 2 amide bonds. The second kappa shape index (κ2) is 7.52. The lowest BCUT2D eigenvalue weighted by atomic mass is 10.1. The molecular weight excluding hydrogens is 338 g/mol. The number of nitrogens with one attached hydrogen (secondary N) is 2. The average molecular weight is 356 g/mol. The van der Waals surface area contributed by atoms with Crippen LogP contribution in [0.5, 0.6) is 0 Å². The van der Waals surface area contributed by atoms with Gasteiger partial charge in [-0.25, -0.2) is 9.18 Å². The first-order valence-corrected chi connectivity index (χ1v) is 7.68. The lowest BCUT2D eigenvalue weighted by molar-refractivity contribution is 0.233. The van der Waals surface area contributed by atoms with Crippen molar-refractivity contribution in [2.75, 3.05) is 0 Å². The topological polar surface area (TPSA) is 41.1 Å². The van der Waals surface area contributed by atoms with Crippen molar-refractivity contribution in [1.82, 2.24) is 10.6 Å². The average Bonchev–Trinajstić information content (AvgIpc) is 2.38. The highest BCUT2D eigenvalue weighted by molar-refractivity contribution is 6.68. The van der Waals surface area contributed by atoms with E-state index in [2.05, 4.69) is 10.6 Å². The maximum absolute atomic E-state index is 13.7. The third kappa shape index (κ3) is 5.53. The van der Waals surface area contributed by atoms with E-state index < -0.39 is 21.7 Å². The fourth-order valence-corrected chi connectivity index (χ4v) is 2.18. The summed E-state index contributed by atoms with van der Waals surface area (Å²) in [6, 6.07) is 3.00. The monoisotopic (exact) mass is 354 g/mol. The van der Waals surface area contributed by atoms with Crippen LogP contribution in [0.3, 0.4) is 0 Å². The van der Waals surface area contributed by atoms with Gasteiger partial charge in [-0.3, -0.25) is 0 Å². The van der Waals surface area contributed by atoms with Crippen molar-refractivity contribution in [2.45, 2.75) is 43.1 Å². The first-order valence-electron chi connectivity index (χ1n) is 6.55. The predicted molar refractivity (Wildman–Crippen MR) is 85.6 cm³/mol. The highest BCUT2D eigenvalue weighted by Gasteiger charge is 2.35. The Kier molecular flexibility index (Phi) is 6.57. The molecule has 0 unspecified atom stereocenters. The SMILES string of the molecule is CC[C@@H](C)NC(=O)N[C@H](c1ccc(C)c(F)c1)C(Cl)(Cl)Cl. The molecule has 2 N–H and O–H groups in total. The Labute approximate surface area is 139 Å². The van der Waals surface area contributed by atoms with Crippen molar-refractivity contribution in [3.8, 4) is 0 Å². The Balaban J connectivity index is 2.96. The van der Waals surface area contributed by atoms with Crippen molar-refractivity contribution < 1.29 is 9.18 Å². The number of alkyl halides is 3. The maximum Gasteiger partial charge on any atom is 0.315 e. The van der Waals surface area contributed by atoms with Crippen LogP contribution < -0.4 is 10.6 Å². The first kappa shape index (κ1) is 18.3. The minimum Gasteiger partial charge on any atom is -0.336 e. The van der Waals surface area contributed by atoms with Gasteiger partial charge >= 0.3 is 6.03 Å². The first-order chi connectivity index (χ1) is 9.65. The van der Waals surface area contributed by atoms with Gasteiger partial charge in [0.15, 0.2) is 0 Å². The van der Waals surface area contributed by atoms with Crippen LogP contribution in [-0.4, -0.2) is 15.9 Å². The second-order valence-electron chi connectivity index (χ2n) is 4.91. The van der Waals surface area contributed by atoms with Crippen LogP contribution in [0, 0.1) is 12.7 Å². The van der Waals surface area contributed by atoms with E-state index in [-0.39, 0.29) is 6.04 Å². The van der Waals surface area contributed by atoms with Crippen LogP contribution in [0.25, 0.3) is 0 Å². The second-order valence-corrected chi connectivity index (χ2v) is 7.28. The minimum atomic E-state index is -1.80. The van der Waals surface area contributed by atoms with E-state index in [1.54, 1.807) is 19.1 Å². The summed E-state index contributed by atoms with van der Waals surface area (Å²) >= 11 is 17.7. The zero-order valence-corrected chi connectivity index (χ0v) is 14.3. The van der Waals surface area contributed by atoms with Gasteiger partial charge in [0, 0.05) is 6.04 Å². The Morgan fingerprint density at radius 2 is 1.95 bits per heavy atom. The number of carbonyl (C=O) groups is 1. The molecule has 0 aliphatic heterocycles. The van der Waals surface area contributed by atoms with E-state index in [4.69, 9.17) is 34.8 Å². The third-order valence-electron chi connectivity index (χ3n) is 3.12. The van der Waals surface area contributed by atoms with Crippen LogP contribution in [0.1, 0.15) is 37.4 Å². The van der Waals surface area contributed by atoms with E-state index in [9.17, 15) is 9.18 Å². The van der Waals surface area contributed by atoms with Gasteiger partial charge in [0.05, 0.1) is 0 Å². The minimum absolute atomic E-state index is 0.0178. The van der Waals surface area contributed by atoms with E-state index in [1.807, 2.05) is 13.8 Å². The number of hydrogen-bond donors (Lipinski definition) is 2. The Morgan fingerprint density at radius 3 is 2.43 bits per heavy atom. The molecule has 0 aliphatic carbocycles. The van der Waals surface area contributed by atoms with Gasteiger partial charge in [-0.15, -0.1) is 0 Å². The molecule has 3 nitrogen and oxygen atoms in total. The highest BCUT2D eigenvalue weighted by Crippen LogP contribution is 2.40. The van der Waals surface area contributed by atoms with Gasteiger partial charge in [0.25, 0.3) is 0 Å². The van der Waals surface area contributed by atoms with Crippen molar-refractivity contribution in [3.63, 3.8) is 0 Å². The molecule has 2 atom stereocenters. The lowest BCUT2D eigenvalue weighted by Crippen LogP contribution is -2.45. The Hall–Kier alpha value is -0.710. The molecule has 0 fully saturated rings. The van der Waals surface area contributed by atoms with Crippen LogP contribution in [-0.2, 0) is 0 Å². The summed E-state index contributed by atoms with van der Waals surface area (Å²) < 4.78 is 11.9. The van der Waals surface area contributed by atoms with Crippen molar-refractivity contribution in [2.24, 2.45) is 0 Å². The molecule has 118 valence electrons. The van der Waals surface area contributed by atoms with E-state index in [1.165, 1.54) is 6.07 Å². The summed E-state index contributed by atoms with van der Waals surface area (Å²) in [6.45, 7) is 5.43. The number of hydrogen-bond acceptors (Lipinski definition) is 1. The van der Waals surface area contributed by atoms with E-state index in [0.717, 1.165) is 6.42 Å². The normalized spacial score (nSPS) is 14.4. The summed E-state index contributed by atoms with van der Waals surface area (Å²) in [5.74, 6) is -0.420. The summed E-state index contributed by atoms with van der Waals surface area (Å²) in [7, 11) is 0. The van der Waals surface area contributed by atoms with Crippen LogP contribution in [0.2, 0.25) is 0 Å². The van der Waals surface area contributed by atoms with Crippen LogP contribution in [0.4, 0.5) is 9.18 Å². The third-order valence-corrected chi connectivity index (χ3v) is 3.78. The summed E-state index contributed by atoms with van der Waals surface area (Å²) in [6.07, 6.45) is 0.769. The molecule has 0 radical (unpaired) electrons. The van der Waals surface area contributed by atoms with Crippen LogP contribution in [0.15, 0.2) is 18.2 Å². The summed E-state index contributed by atoms with van der Waals surface area (Å²) in [5.41, 5.74) is 0.864. The summed E-state index contributed by atoms with van der Waals surface area (Å²) in [4.78, 5) is 11.9. The molecule has 1 rings (SSSR count). The Morgan fingerprint density at radius 1 is 1.33 bits per heavy atom. The molecular formula is C14H18Cl3FN2O. The summed E-state index contributed by atoms with van der Waals surface area (Å²) in [5, 5.41) is 5.28. The number of urea groups is 1. The largest absolute Gasteiger partial charge is 0.336 e. The van der Waals surface area contributed by atoms with Crippen molar-refractivity contribution in [1.29, 1.82) is 0 Å². The fourth-order valence-electron chi connectivity index (χ4n) is 1.64. The van der Waals surface area contributed by atoms with Gasteiger partial charge in [-0.05, 0) is 37.5 Å². The quantitative estimate of drug-likeness (QED) is 0.759. The molecule has 0 heterocycles. The van der Waals surface area contributed by atoms with Gasteiger partial charge in [-0.2, -0.15) is 0 Å². The van der Waals surface area contributed by atoms with E-state index >= 15 is 0 Å². The zero-order chi connectivity index (χ0) is 16.2. The molecule has 1 aromatic carbocycles. The standard InChI is InChI=1S/C14H18Cl3FN2O/c1-4-9(3)19-13(21)20-12(14(15,16)17)10-6-5-8(2)11(18)7-10/h5-7,9,12H,4H2,1-3H3,(H2,19,20,21)/t9-,12-/m1/s1. The fraction of sp³-hybridized carbons (Fsp3) is 0.500. The van der Waals surface area contributed by atoms with Crippen LogP contribution >= 0.6 is 34.8 Å². The van der Waals surface area contributed by atoms with Gasteiger partial charge < -0.3 is 10.6 Å². The molecule has 0 spiro atoms. The number of aryl methyl sites for hydroxylation is 1. The molecule has 21 heavy (non-hydrogen) atoms. The molecule has 0 saturated heterocycles. The molecule has 7 heteroatoms. The predicted octanol–water partition coefficient (Wildman–Crippen LogP) is 4.64. The van der Waals surface area contributed by atoms with Gasteiger partial charge in [0.1, 0.15) is 11.9 Å². The molecule has 0 aromatic heterocycles. The zero-order valence-electron chi connectivity index (χ0n) is 12.0. The van der Waals surface area contributed by atoms with Gasteiger partial charge in [0.2, 0.25) is 3.79 Å². The number of carbonyl (C=O) groups excluding carboxylic acids is 1. The van der Waals surface area contributed by atoms with Gasteiger partial charge in [-0.1, -0.05) is 53.9 Å². The Bertz CT molecular complexity index is 505. The number of amides is 2. The smallest absolute Gasteiger partial charge is 0.315 e. The number of halogens is 4. The molecule has 0 saturated carbocycles. The molecule has 1 aromatic rings. The highest BCUT2D eigenvalue weighted by atomic mass is 35.6. The van der Waals surface area contributed by atoms with Crippen molar-refractivity contribution in [3.05, 3.63) is 35.1 Å². The molecule has 0 bridgehead atoms.